The highest BCUT2D eigenvalue weighted by Gasteiger charge is 2.09. The fourth-order valence-electron chi connectivity index (χ4n) is 1.89. The quantitative estimate of drug-likeness (QED) is 0.756. The Balaban J connectivity index is 2.42. The molecule has 0 radical (unpaired) electrons. The van der Waals surface area contributed by atoms with Crippen molar-refractivity contribution in [3.05, 3.63) is 34.3 Å². The van der Waals surface area contributed by atoms with Crippen molar-refractivity contribution in [3.63, 3.8) is 0 Å². The summed E-state index contributed by atoms with van der Waals surface area (Å²) in [5.41, 5.74) is 1.11. The van der Waals surface area contributed by atoms with Gasteiger partial charge in [0.05, 0.1) is 0 Å². The maximum atomic E-state index is 11.8. The molecular weight excluding hydrogens is 264 g/mol. The molecule has 16 heavy (non-hydrogen) atoms. The number of rotatable bonds is 6. The Morgan fingerprint density at radius 3 is 2.50 bits per heavy atom. The molecule has 0 saturated heterocycles. The van der Waals surface area contributed by atoms with Gasteiger partial charge in [-0.15, -0.1) is 0 Å². The number of ketones is 1. The highest BCUT2D eigenvalue weighted by molar-refractivity contribution is 9.10. The number of carbonyl (C=O) groups is 1. The van der Waals surface area contributed by atoms with Crippen LogP contribution in [0.15, 0.2) is 28.7 Å². The van der Waals surface area contributed by atoms with Crippen LogP contribution in [0.1, 0.15) is 38.7 Å². The van der Waals surface area contributed by atoms with Crippen LogP contribution < -0.4 is 0 Å². The Labute approximate surface area is 106 Å². The van der Waals surface area contributed by atoms with Crippen molar-refractivity contribution in [2.24, 2.45) is 5.92 Å². The van der Waals surface area contributed by atoms with Crippen LogP contribution >= 0.6 is 15.9 Å². The third kappa shape index (κ3) is 4.93. The first-order chi connectivity index (χ1) is 7.61. The summed E-state index contributed by atoms with van der Waals surface area (Å²) in [4.78, 5) is 11.8. The van der Waals surface area contributed by atoms with Gasteiger partial charge in [0.2, 0.25) is 0 Å². The molecule has 0 fully saturated rings. The molecule has 0 spiro atoms. The van der Waals surface area contributed by atoms with Gasteiger partial charge in [-0.05, 0) is 23.6 Å². The predicted molar refractivity (Wildman–Crippen MR) is 71.5 cm³/mol. The molecule has 2 heteroatoms. The smallest absolute Gasteiger partial charge is 0.137 e. The third-order valence-corrected chi connectivity index (χ3v) is 3.20. The van der Waals surface area contributed by atoms with E-state index in [4.69, 9.17) is 0 Å². The highest BCUT2D eigenvalue weighted by Crippen LogP contribution is 2.14. The standard InChI is InChI=1S/C14H19BrO/c1-3-4-11(2)9-14(16)10-12-5-7-13(15)8-6-12/h5-8,11H,3-4,9-10H2,1-2H3. The van der Waals surface area contributed by atoms with Gasteiger partial charge in [0, 0.05) is 17.3 Å². The zero-order valence-electron chi connectivity index (χ0n) is 10.0. The van der Waals surface area contributed by atoms with Crippen molar-refractivity contribution < 1.29 is 4.79 Å². The van der Waals surface area contributed by atoms with E-state index in [0.29, 0.717) is 24.5 Å². The lowest BCUT2D eigenvalue weighted by Gasteiger charge is -2.08. The first-order valence-corrected chi connectivity index (χ1v) is 6.67. The lowest BCUT2D eigenvalue weighted by molar-refractivity contribution is -0.119. The topological polar surface area (TPSA) is 17.1 Å². The predicted octanol–water partition coefficient (Wildman–Crippen LogP) is 4.39. The number of benzene rings is 1. The molecule has 0 amide bonds. The first-order valence-electron chi connectivity index (χ1n) is 5.88. The van der Waals surface area contributed by atoms with Crippen molar-refractivity contribution in [1.82, 2.24) is 0 Å². The van der Waals surface area contributed by atoms with Crippen molar-refractivity contribution in [3.8, 4) is 0 Å². The molecule has 0 aliphatic heterocycles. The summed E-state index contributed by atoms with van der Waals surface area (Å²) in [7, 11) is 0. The lowest BCUT2D eigenvalue weighted by Crippen LogP contribution is -2.08. The van der Waals surface area contributed by atoms with Crippen LogP contribution in [0.4, 0.5) is 0 Å². The zero-order valence-corrected chi connectivity index (χ0v) is 11.6. The minimum atomic E-state index is 0.350. The molecule has 0 saturated carbocycles. The lowest BCUT2D eigenvalue weighted by atomic mass is 9.96. The minimum absolute atomic E-state index is 0.350. The van der Waals surface area contributed by atoms with Crippen LogP contribution in [-0.4, -0.2) is 5.78 Å². The Kier molecular flexibility index (Phi) is 5.75. The van der Waals surface area contributed by atoms with Crippen molar-refractivity contribution >= 4 is 21.7 Å². The maximum Gasteiger partial charge on any atom is 0.137 e. The molecule has 1 aromatic rings. The molecule has 0 N–H and O–H groups in total. The second-order valence-electron chi connectivity index (χ2n) is 4.44. The average Bonchev–Trinajstić information content (AvgIpc) is 2.21. The molecule has 1 rings (SSSR count). The van der Waals surface area contributed by atoms with Gasteiger partial charge in [0.25, 0.3) is 0 Å². The van der Waals surface area contributed by atoms with Gasteiger partial charge in [0.15, 0.2) is 0 Å². The van der Waals surface area contributed by atoms with Crippen LogP contribution in [-0.2, 0) is 11.2 Å². The highest BCUT2D eigenvalue weighted by atomic mass is 79.9. The van der Waals surface area contributed by atoms with Crippen molar-refractivity contribution in [2.75, 3.05) is 0 Å². The number of halogens is 1. The summed E-state index contributed by atoms with van der Waals surface area (Å²) < 4.78 is 1.06. The van der Waals surface area contributed by atoms with Crippen LogP contribution in [0.5, 0.6) is 0 Å². The molecule has 1 nitrogen and oxygen atoms in total. The number of hydrogen-bond acceptors (Lipinski definition) is 1. The van der Waals surface area contributed by atoms with Crippen molar-refractivity contribution in [2.45, 2.75) is 39.5 Å². The fourth-order valence-corrected chi connectivity index (χ4v) is 2.15. The van der Waals surface area contributed by atoms with E-state index >= 15 is 0 Å². The van der Waals surface area contributed by atoms with Gasteiger partial charge in [-0.1, -0.05) is 54.8 Å². The van der Waals surface area contributed by atoms with E-state index < -0.39 is 0 Å². The van der Waals surface area contributed by atoms with E-state index in [1.807, 2.05) is 24.3 Å². The van der Waals surface area contributed by atoms with Crippen LogP contribution in [0, 0.1) is 5.92 Å². The normalized spacial score (nSPS) is 12.4. The summed E-state index contributed by atoms with van der Waals surface area (Å²) in [5.74, 6) is 0.872. The van der Waals surface area contributed by atoms with Crippen LogP contribution in [0.3, 0.4) is 0 Å². The van der Waals surface area contributed by atoms with E-state index in [9.17, 15) is 4.79 Å². The Morgan fingerprint density at radius 2 is 1.94 bits per heavy atom. The van der Waals surface area contributed by atoms with E-state index in [1.165, 1.54) is 0 Å². The average molecular weight is 283 g/mol. The van der Waals surface area contributed by atoms with Gasteiger partial charge in [-0.2, -0.15) is 0 Å². The second kappa shape index (κ2) is 6.85. The number of Topliss-reactive ketones (excluding diaryl/α,β-unsaturated/α-hetero) is 1. The second-order valence-corrected chi connectivity index (χ2v) is 5.36. The number of carbonyl (C=O) groups excluding carboxylic acids is 1. The van der Waals surface area contributed by atoms with E-state index in [1.54, 1.807) is 0 Å². The van der Waals surface area contributed by atoms with Crippen LogP contribution in [0.2, 0.25) is 0 Å². The van der Waals surface area contributed by atoms with Gasteiger partial charge in [-0.3, -0.25) is 4.79 Å². The molecule has 1 unspecified atom stereocenters. The first kappa shape index (κ1) is 13.4. The molecule has 0 bridgehead atoms. The van der Waals surface area contributed by atoms with E-state index in [-0.39, 0.29) is 0 Å². The number of hydrogen-bond donors (Lipinski definition) is 0. The monoisotopic (exact) mass is 282 g/mol. The van der Waals surface area contributed by atoms with Gasteiger partial charge in [0.1, 0.15) is 5.78 Å². The SMILES string of the molecule is CCCC(C)CC(=O)Cc1ccc(Br)cc1. The molecule has 0 aliphatic rings. The minimum Gasteiger partial charge on any atom is -0.299 e. The van der Waals surface area contributed by atoms with Gasteiger partial charge in [-0.25, -0.2) is 0 Å². The van der Waals surface area contributed by atoms with Crippen LogP contribution in [0.25, 0.3) is 0 Å². The molecule has 1 aromatic carbocycles. The molecular formula is C14H19BrO. The Bertz CT molecular complexity index is 329. The summed E-state index contributed by atoms with van der Waals surface area (Å²) in [6.45, 7) is 4.32. The zero-order chi connectivity index (χ0) is 12.0. The van der Waals surface area contributed by atoms with E-state index in [0.717, 1.165) is 22.9 Å². The summed E-state index contributed by atoms with van der Waals surface area (Å²) in [6, 6.07) is 7.98. The molecule has 1 atom stereocenters. The summed E-state index contributed by atoms with van der Waals surface area (Å²) >= 11 is 3.39. The van der Waals surface area contributed by atoms with Gasteiger partial charge >= 0.3 is 0 Å². The van der Waals surface area contributed by atoms with E-state index in [2.05, 4.69) is 29.8 Å². The summed E-state index contributed by atoms with van der Waals surface area (Å²) in [6.07, 6.45) is 3.59. The molecule has 0 heterocycles. The summed E-state index contributed by atoms with van der Waals surface area (Å²) in [5, 5.41) is 0. The molecule has 0 aromatic heterocycles. The van der Waals surface area contributed by atoms with Gasteiger partial charge < -0.3 is 0 Å². The fraction of sp³-hybridized carbons (Fsp3) is 0.500. The third-order valence-electron chi connectivity index (χ3n) is 2.67. The Hall–Kier alpha value is -0.630. The van der Waals surface area contributed by atoms with Crippen molar-refractivity contribution in [1.29, 1.82) is 0 Å². The maximum absolute atomic E-state index is 11.8. The molecule has 88 valence electrons. The Morgan fingerprint density at radius 1 is 1.31 bits per heavy atom. The molecule has 0 aliphatic carbocycles. The largest absolute Gasteiger partial charge is 0.299 e.